The number of alkyl halides is 2. The molecular weight excluding hydrogens is 144 g/mol. The molecule has 60 valence electrons. The van der Waals surface area contributed by atoms with Gasteiger partial charge in [-0.05, 0) is 0 Å². The van der Waals surface area contributed by atoms with Crippen molar-refractivity contribution in [3.05, 3.63) is 0 Å². The van der Waals surface area contributed by atoms with Gasteiger partial charge in [-0.15, -0.1) is 0 Å². The molecule has 2 unspecified atom stereocenters. The number of carboxylic acid groups (broad SMARTS) is 1. The standard InChI is InChI=1S/C5H9F2NO2/c1-2(4(6)7)3(8)5(9)10/h2-4H,8H2,1H3,(H,9,10). The molecule has 2 atom stereocenters. The van der Waals surface area contributed by atoms with Crippen molar-refractivity contribution in [2.75, 3.05) is 0 Å². The van der Waals surface area contributed by atoms with E-state index in [2.05, 4.69) is 0 Å². The number of hydrogen-bond acceptors (Lipinski definition) is 2. The predicted molar refractivity (Wildman–Crippen MR) is 30.8 cm³/mol. The van der Waals surface area contributed by atoms with Crippen molar-refractivity contribution in [2.24, 2.45) is 11.7 Å². The molecule has 0 saturated carbocycles. The van der Waals surface area contributed by atoms with Crippen molar-refractivity contribution in [1.82, 2.24) is 0 Å². The molecule has 0 fully saturated rings. The fourth-order valence-electron chi connectivity index (χ4n) is 0.382. The van der Waals surface area contributed by atoms with Crippen molar-refractivity contribution in [1.29, 1.82) is 0 Å². The molecule has 3 nitrogen and oxygen atoms in total. The lowest BCUT2D eigenvalue weighted by molar-refractivity contribution is -0.141. The van der Waals surface area contributed by atoms with Crippen LogP contribution in [0.15, 0.2) is 0 Å². The van der Waals surface area contributed by atoms with Crippen LogP contribution in [0.5, 0.6) is 0 Å². The summed E-state index contributed by atoms with van der Waals surface area (Å²) in [4.78, 5) is 9.99. The molecule has 0 bridgehead atoms. The molecule has 0 aromatic heterocycles. The Kier molecular flexibility index (Phi) is 3.21. The fraction of sp³-hybridized carbons (Fsp3) is 0.800. The molecule has 3 N–H and O–H groups in total. The third kappa shape index (κ3) is 2.26. The van der Waals surface area contributed by atoms with E-state index in [0.29, 0.717) is 0 Å². The highest BCUT2D eigenvalue weighted by Gasteiger charge is 2.27. The van der Waals surface area contributed by atoms with Crippen LogP contribution >= 0.6 is 0 Å². The van der Waals surface area contributed by atoms with E-state index in [9.17, 15) is 13.6 Å². The summed E-state index contributed by atoms with van der Waals surface area (Å²) in [7, 11) is 0. The smallest absolute Gasteiger partial charge is 0.320 e. The van der Waals surface area contributed by atoms with E-state index in [-0.39, 0.29) is 0 Å². The maximum absolute atomic E-state index is 11.7. The maximum Gasteiger partial charge on any atom is 0.320 e. The van der Waals surface area contributed by atoms with E-state index in [1.54, 1.807) is 0 Å². The van der Waals surface area contributed by atoms with E-state index >= 15 is 0 Å². The summed E-state index contributed by atoms with van der Waals surface area (Å²) in [5.74, 6) is -2.69. The van der Waals surface area contributed by atoms with Gasteiger partial charge in [-0.1, -0.05) is 6.92 Å². The quantitative estimate of drug-likeness (QED) is 0.612. The number of halogens is 2. The highest BCUT2D eigenvalue weighted by molar-refractivity contribution is 5.73. The van der Waals surface area contributed by atoms with Gasteiger partial charge in [0.25, 0.3) is 0 Å². The van der Waals surface area contributed by atoms with Crippen molar-refractivity contribution < 1.29 is 18.7 Å². The molecule has 5 heteroatoms. The summed E-state index contributed by atoms with van der Waals surface area (Å²) in [6, 6.07) is -1.47. The lowest BCUT2D eigenvalue weighted by Crippen LogP contribution is -2.39. The van der Waals surface area contributed by atoms with Crippen LogP contribution in [0, 0.1) is 5.92 Å². The molecule has 0 heterocycles. The first-order valence-corrected chi connectivity index (χ1v) is 2.73. The van der Waals surface area contributed by atoms with Crippen molar-refractivity contribution >= 4 is 5.97 Å². The van der Waals surface area contributed by atoms with Gasteiger partial charge in [0.1, 0.15) is 6.04 Å². The Hall–Kier alpha value is -0.710. The second-order valence-electron chi connectivity index (χ2n) is 2.06. The average Bonchev–Trinajstić information content (AvgIpc) is 1.84. The minimum Gasteiger partial charge on any atom is -0.480 e. The van der Waals surface area contributed by atoms with Gasteiger partial charge in [0.2, 0.25) is 6.43 Å². The number of carbonyl (C=O) groups is 1. The van der Waals surface area contributed by atoms with Gasteiger partial charge in [0, 0.05) is 5.92 Å². The topological polar surface area (TPSA) is 63.3 Å². The first kappa shape index (κ1) is 9.29. The number of nitrogens with two attached hydrogens (primary N) is 1. The van der Waals surface area contributed by atoms with Crippen LogP contribution in [-0.2, 0) is 4.79 Å². The van der Waals surface area contributed by atoms with Gasteiger partial charge in [-0.25, -0.2) is 8.78 Å². The summed E-state index contributed by atoms with van der Waals surface area (Å²) in [5, 5.41) is 8.14. The Morgan fingerprint density at radius 2 is 2.00 bits per heavy atom. The van der Waals surface area contributed by atoms with Gasteiger partial charge >= 0.3 is 5.97 Å². The van der Waals surface area contributed by atoms with E-state index in [1.807, 2.05) is 0 Å². The number of rotatable bonds is 3. The second-order valence-corrected chi connectivity index (χ2v) is 2.06. The van der Waals surface area contributed by atoms with Gasteiger partial charge < -0.3 is 10.8 Å². The molecule has 0 aromatic rings. The molecule has 10 heavy (non-hydrogen) atoms. The van der Waals surface area contributed by atoms with Crippen LogP contribution in [0.25, 0.3) is 0 Å². The fourth-order valence-corrected chi connectivity index (χ4v) is 0.382. The van der Waals surface area contributed by atoms with Crippen LogP contribution in [0.3, 0.4) is 0 Å². The van der Waals surface area contributed by atoms with E-state index in [0.717, 1.165) is 6.92 Å². The Balaban J connectivity index is 3.94. The number of carboxylic acids is 1. The van der Waals surface area contributed by atoms with Gasteiger partial charge in [-0.3, -0.25) is 4.79 Å². The van der Waals surface area contributed by atoms with E-state index in [4.69, 9.17) is 10.8 Å². The molecule has 0 saturated heterocycles. The largest absolute Gasteiger partial charge is 0.480 e. The summed E-state index contributed by atoms with van der Waals surface area (Å²) in [6.45, 7) is 1.10. The molecule has 0 rings (SSSR count). The highest BCUT2D eigenvalue weighted by atomic mass is 19.3. The molecule has 0 aliphatic rings. The second kappa shape index (κ2) is 3.46. The van der Waals surface area contributed by atoms with Crippen LogP contribution in [0.1, 0.15) is 6.92 Å². The highest BCUT2D eigenvalue weighted by Crippen LogP contribution is 2.11. The summed E-state index contributed by atoms with van der Waals surface area (Å²) in [6.07, 6.45) is -2.67. The van der Waals surface area contributed by atoms with Crippen molar-refractivity contribution in [3.63, 3.8) is 0 Å². The molecule has 0 spiro atoms. The van der Waals surface area contributed by atoms with Crippen LogP contribution in [-0.4, -0.2) is 23.5 Å². The monoisotopic (exact) mass is 153 g/mol. The van der Waals surface area contributed by atoms with Crippen LogP contribution < -0.4 is 5.73 Å². The minimum atomic E-state index is -2.67. The Morgan fingerprint density at radius 3 is 2.10 bits per heavy atom. The summed E-state index contributed by atoms with van der Waals surface area (Å²) < 4.78 is 23.4. The average molecular weight is 153 g/mol. The van der Waals surface area contributed by atoms with Crippen LogP contribution in [0.4, 0.5) is 8.78 Å². The lowest BCUT2D eigenvalue weighted by atomic mass is 10.0. The SMILES string of the molecule is CC(C(F)F)C(N)C(=O)O. The minimum absolute atomic E-state index is 1.10. The van der Waals surface area contributed by atoms with Gasteiger partial charge in [0.05, 0.1) is 0 Å². The zero-order chi connectivity index (χ0) is 8.31. The normalized spacial score (nSPS) is 16.9. The first-order valence-electron chi connectivity index (χ1n) is 2.73. The Bertz CT molecular complexity index is 129. The molecular formula is C5H9F2NO2. The number of aliphatic carboxylic acids is 1. The van der Waals surface area contributed by atoms with Crippen molar-refractivity contribution in [2.45, 2.75) is 19.4 Å². The van der Waals surface area contributed by atoms with Crippen LogP contribution in [0.2, 0.25) is 0 Å². The number of hydrogen-bond donors (Lipinski definition) is 2. The molecule has 0 aromatic carbocycles. The molecule has 0 amide bonds. The zero-order valence-corrected chi connectivity index (χ0v) is 5.42. The van der Waals surface area contributed by atoms with Gasteiger partial charge in [0.15, 0.2) is 0 Å². The van der Waals surface area contributed by atoms with Gasteiger partial charge in [-0.2, -0.15) is 0 Å². The van der Waals surface area contributed by atoms with Crippen molar-refractivity contribution in [3.8, 4) is 0 Å². The predicted octanol–water partition coefficient (Wildman–Crippen LogP) is 0.300. The molecule has 0 radical (unpaired) electrons. The summed E-state index contributed by atoms with van der Waals surface area (Å²) >= 11 is 0. The Morgan fingerprint density at radius 1 is 1.60 bits per heavy atom. The lowest BCUT2D eigenvalue weighted by Gasteiger charge is -2.13. The Labute approximate surface area is 56.8 Å². The molecule has 0 aliphatic carbocycles. The first-order chi connectivity index (χ1) is 4.46. The third-order valence-corrected chi connectivity index (χ3v) is 1.25. The van der Waals surface area contributed by atoms with E-state index < -0.39 is 24.4 Å². The van der Waals surface area contributed by atoms with E-state index in [1.165, 1.54) is 0 Å². The summed E-state index contributed by atoms with van der Waals surface area (Å²) in [5.41, 5.74) is 4.88. The molecule has 0 aliphatic heterocycles. The maximum atomic E-state index is 11.7. The zero-order valence-electron chi connectivity index (χ0n) is 5.42. The third-order valence-electron chi connectivity index (χ3n) is 1.25.